The predicted molar refractivity (Wildman–Crippen MR) is 63.4 cm³/mol. The summed E-state index contributed by atoms with van der Waals surface area (Å²) in [5.74, 6) is 3.27. The van der Waals surface area contributed by atoms with E-state index in [0.29, 0.717) is 0 Å². The summed E-state index contributed by atoms with van der Waals surface area (Å²) in [4.78, 5) is 0. The van der Waals surface area contributed by atoms with Gasteiger partial charge in [0.05, 0.1) is 0 Å². The second kappa shape index (κ2) is 4.56. The Labute approximate surface area is 97.3 Å². The summed E-state index contributed by atoms with van der Waals surface area (Å²) in [5.41, 5.74) is 0. The SMILES string of the molecule is C1CCCc2nnc(C3CCC3)n2CCC1. The molecule has 1 aliphatic carbocycles. The van der Waals surface area contributed by atoms with E-state index in [2.05, 4.69) is 14.8 Å². The number of hydrogen-bond acceptors (Lipinski definition) is 2. The van der Waals surface area contributed by atoms with Gasteiger partial charge in [0.1, 0.15) is 11.6 Å². The summed E-state index contributed by atoms with van der Waals surface area (Å²) in [6.45, 7) is 1.16. The van der Waals surface area contributed by atoms with Crippen LogP contribution < -0.4 is 0 Å². The first-order valence-corrected chi connectivity index (χ1v) is 6.87. The molecule has 0 aromatic carbocycles. The molecule has 1 saturated carbocycles. The first-order chi connectivity index (χ1) is 7.95. The zero-order valence-corrected chi connectivity index (χ0v) is 9.99. The van der Waals surface area contributed by atoms with Crippen LogP contribution in [0.2, 0.25) is 0 Å². The molecule has 0 spiro atoms. The van der Waals surface area contributed by atoms with E-state index in [0.717, 1.165) is 18.9 Å². The molecule has 1 aromatic heterocycles. The monoisotopic (exact) mass is 219 g/mol. The van der Waals surface area contributed by atoms with Crippen LogP contribution in [0.4, 0.5) is 0 Å². The Bertz CT molecular complexity index is 352. The second-order valence-electron chi connectivity index (χ2n) is 5.27. The molecule has 0 saturated heterocycles. The Morgan fingerprint density at radius 1 is 0.875 bits per heavy atom. The van der Waals surface area contributed by atoms with Gasteiger partial charge in [0.25, 0.3) is 0 Å². The Morgan fingerprint density at radius 2 is 1.69 bits per heavy atom. The van der Waals surface area contributed by atoms with Crippen molar-refractivity contribution in [2.75, 3.05) is 0 Å². The van der Waals surface area contributed by atoms with Crippen molar-refractivity contribution < 1.29 is 0 Å². The summed E-state index contributed by atoms with van der Waals surface area (Å²) in [5, 5.41) is 8.86. The topological polar surface area (TPSA) is 30.7 Å². The van der Waals surface area contributed by atoms with Crippen LogP contribution in [0.5, 0.6) is 0 Å². The summed E-state index contributed by atoms with van der Waals surface area (Å²) >= 11 is 0. The largest absolute Gasteiger partial charge is 0.315 e. The van der Waals surface area contributed by atoms with Gasteiger partial charge < -0.3 is 4.57 Å². The number of hydrogen-bond donors (Lipinski definition) is 0. The zero-order chi connectivity index (χ0) is 10.8. The van der Waals surface area contributed by atoms with Gasteiger partial charge in [0.2, 0.25) is 0 Å². The lowest BCUT2D eigenvalue weighted by atomic mass is 9.85. The molecule has 0 radical (unpaired) electrons. The Kier molecular flexibility index (Phi) is 2.94. The summed E-state index contributed by atoms with van der Waals surface area (Å²) < 4.78 is 2.44. The minimum Gasteiger partial charge on any atom is -0.315 e. The lowest BCUT2D eigenvalue weighted by Gasteiger charge is -2.25. The highest BCUT2D eigenvalue weighted by Gasteiger charge is 2.26. The van der Waals surface area contributed by atoms with Crippen LogP contribution in [-0.2, 0) is 13.0 Å². The molecule has 1 fully saturated rings. The maximum Gasteiger partial charge on any atom is 0.136 e. The third-order valence-electron chi connectivity index (χ3n) is 4.11. The van der Waals surface area contributed by atoms with E-state index >= 15 is 0 Å². The average Bonchev–Trinajstić information content (AvgIpc) is 2.61. The smallest absolute Gasteiger partial charge is 0.136 e. The van der Waals surface area contributed by atoms with Crippen molar-refractivity contribution >= 4 is 0 Å². The van der Waals surface area contributed by atoms with E-state index in [-0.39, 0.29) is 0 Å². The van der Waals surface area contributed by atoms with Crippen molar-refractivity contribution in [2.24, 2.45) is 0 Å². The molecular weight excluding hydrogens is 198 g/mol. The Hall–Kier alpha value is -0.860. The first kappa shape index (κ1) is 10.3. The van der Waals surface area contributed by atoms with Gasteiger partial charge in [0, 0.05) is 18.9 Å². The molecule has 1 aliphatic heterocycles. The number of aryl methyl sites for hydroxylation is 1. The van der Waals surface area contributed by atoms with Crippen LogP contribution in [0.25, 0.3) is 0 Å². The summed E-state index contributed by atoms with van der Waals surface area (Å²) in [7, 11) is 0. The second-order valence-corrected chi connectivity index (χ2v) is 5.27. The minimum atomic E-state index is 0.724. The summed E-state index contributed by atoms with van der Waals surface area (Å²) in [6.07, 6.45) is 11.9. The first-order valence-electron chi connectivity index (χ1n) is 6.87. The fourth-order valence-electron chi connectivity index (χ4n) is 2.83. The molecule has 0 amide bonds. The van der Waals surface area contributed by atoms with E-state index in [1.165, 1.54) is 63.0 Å². The van der Waals surface area contributed by atoms with Gasteiger partial charge in [-0.25, -0.2) is 0 Å². The Balaban J connectivity index is 1.84. The van der Waals surface area contributed by atoms with Gasteiger partial charge in [-0.05, 0) is 25.7 Å². The molecule has 0 N–H and O–H groups in total. The maximum atomic E-state index is 4.45. The molecule has 3 heteroatoms. The Morgan fingerprint density at radius 3 is 2.50 bits per heavy atom. The summed E-state index contributed by atoms with van der Waals surface area (Å²) in [6, 6.07) is 0. The normalized spacial score (nSPS) is 22.8. The van der Waals surface area contributed by atoms with Gasteiger partial charge in [-0.1, -0.05) is 25.7 Å². The standard InChI is InChI=1S/C13H21N3/c1-2-4-9-12-14-15-13(11-7-6-8-11)16(12)10-5-3-1/h11H,1-10H2. The van der Waals surface area contributed by atoms with E-state index in [9.17, 15) is 0 Å². The van der Waals surface area contributed by atoms with Crippen LogP contribution in [0, 0.1) is 0 Å². The van der Waals surface area contributed by atoms with Crippen molar-refractivity contribution in [1.29, 1.82) is 0 Å². The van der Waals surface area contributed by atoms with Crippen LogP contribution >= 0.6 is 0 Å². The molecule has 0 atom stereocenters. The molecule has 0 unspecified atom stereocenters. The van der Waals surface area contributed by atoms with Gasteiger partial charge in [-0.2, -0.15) is 0 Å². The average molecular weight is 219 g/mol. The fraction of sp³-hybridized carbons (Fsp3) is 0.846. The number of fused-ring (bicyclic) bond motifs is 1. The minimum absolute atomic E-state index is 0.724. The lowest BCUT2D eigenvalue weighted by Crippen LogP contribution is -2.16. The molecule has 88 valence electrons. The molecule has 2 heterocycles. The third kappa shape index (κ3) is 1.87. The zero-order valence-electron chi connectivity index (χ0n) is 9.99. The molecule has 16 heavy (non-hydrogen) atoms. The van der Waals surface area contributed by atoms with Gasteiger partial charge in [-0.3, -0.25) is 0 Å². The molecular formula is C13H21N3. The van der Waals surface area contributed by atoms with Gasteiger partial charge in [0.15, 0.2) is 0 Å². The van der Waals surface area contributed by atoms with Gasteiger partial charge >= 0.3 is 0 Å². The van der Waals surface area contributed by atoms with Crippen molar-refractivity contribution in [3.8, 4) is 0 Å². The van der Waals surface area contributed by atoms with Crippen molar-refractivity contribution in [2.45, 2.75) is 70.3 Å². The highest BCUT2D eigenvalue weighted by atomic mass is 15.3. The molecule has 3 rings (SSSR count). The maximum absolute atomic E-state index is 4.45. The van der Waals surface area contributed by atoms with E-state index in [1.807, 2.05) is 0 Å². The van der Waals surface area contributed by atoms with Crippen LogP contribution in [0.1, 0.15) is 68.9 Å². The molecule has 1 aromatic rings. The van der Waals surface area contributed by atoms with E-state index in [4.69, 9.17) is 0 Å². The lowest BCUT2D eigenvalue weighted by molar-refractivity contribution is 0.382. The van der Waals surface area contributed by atoms with Crippen molar-refractivity contribution in [3.63, 3.8) is 0 Å². The van der Waals surface area contributed by atoms with Crippen LogP contribution in [0.3, 0.4) is 0 Å². The van der Waals surface area contributed by atoms with E-state index in [1.54, 1.807) is 0 Å². The van der Waals surface area contributed by atoms with Gasteiger partial charge in [-0.15, -0.1) is 10.2 Å². The van der Waals surface area contributed by atoms with Crippen LogP contribution in [-0.4, -0.2) is 14.8 Å². The highest BCUT2D eigenvalue weighted by molar-refractivity contribution is 5.05. The molecule has 2 aliphatic rings. The number of nitrogens with zero attached hydrogens (tertiary/aromatic N) is 3. The number of rotatable bonds is 1. The van der Waals surface area contributed by atoms with Crippen molar-refractivity contribution in [1.82, 2.24) is 14.8 Å². The van der Waals surface area contributed by atoms with Crippen LogP contribution in [0.15, 0.2) is 0 Å². The molecule has 3 nitrogen and oxygen atoms in total. The fourth-order valence-corrected chi connectivity index (χ4v) is 2.83. The third-order valence-corrected chi connectivity index (χ3v) is 4.11. The van der Waals surface area contributed by atoms with E-state index < -0.39 is 0 Å². The number of aromatic nitrogens is 3. The predicted octanol–water partition coefficient (Wildman–Crippen LogP) is 3.05. The molecule has 0 bridgehead atoms. The van der Waals surface area contributed by atoms with Crippen molar-refractivity contribution in [3.05, 3.63) is 11.6 Å². The quantitative estimate of drug-likeness (QED) is 0.726. The highest BCUT2D eigenvalue weighted by Crippen LogP contribution is 2.35.